The number of amides is 1. The smallest absolute Gasteiger partial charge is 0.271 e. The number of furan rings is 1. The van der Waals surface area contributed by atoms with E-state index in [2.05, 4.69) is 15.5 Å². The second-order valence-electron chi connectivity index (χ2n) is 4.30. The van der Waals surface area contributed by atoms with Crippen molar-refractivity contribution in [1.29, 1.82) is 0 Å². The van der Waals surface area contributed by atoms with E-state index in [9.17, 15) is 9.90 Å². The largest absolute Gasteiger partial charge is 0.463 e. The molecule has 0 aliphatic heterocycles. The first-order valence-electron chi connectivity index (χ1n) is 6.26. The maximum absolute atomic E-state index is 11.8. The van der Waals surface area contributed by atoms with Crippen LogP contribution in [-0.2, 0) is 0 Å². The summed E-state index contributed by atoms with van der Waals surface area (Å²) in [4.78, 5) is 11.8. The van der Waals surface area contributed by atoms with E-state index in [0.29, 0.717) is 17.9 Å². The molecular formula is C13H17N3O3. The quantitative estimate of drug-likeness (QED) is 0.737. The van der Waals surface area contributed by atoms with Gasteiger partial charge in [0.05, 0.1) is 12.4 Å². The Balaban J connectivity index is 1.93. The molecule has 0 saturated carbocycles. The van der Waals surface area contributed by atoms with Crippen molar-refractivity contribution in [3.63, 3.8) is 0 Å². The van der Waals surface area contributed by atoms with Crippen LogP contribution in [0.3, 0.4) is 0 Å². The summed E-state index contributed by atoms with van der Waals surface area (Å²) in [5.41, 5.74) is 0.916. The molecule has 2 rings (SSSR count). The lowest BCUT2D eigenvalue weighted by Gasteiger charge is -2.09. The number of aliphatic hydroxyl groups excluding tert-OH is 1. The molecule has 0 aliphatic rings. The van der Waals surface area contributed by atoms with Gasteiger partial charge in [0.15, 0.2) is 11.5 Å². The van der Waals surface area contributed by atoms with E-state index < -0.39 is 6.10 Å². The Morgan fingerprint density at radius 1 is 1.63 bits per heavy atom. The lowest BCUT2D eigenvalue weighted by Crippen LogP contribution is -2.32. The first-order valence-corrected chi connectivity index (χ1v) is 6.26. The van der Waals surface area contributed by atoms with E-state index in [1.165, 1.54) is 0 Å². The van der Waals surface area contributed by atoms with Crippen LogP contribution in [0.15, 0.2) is 28.9 Å². The molecule has 2 heterocycles. The molecule has 102 valence electrons. The van der Waals surface area contributed by atoms with Crippen molar-refractivity contribution < 1.29 is 14.3 Å². The zero-order valence-corrected chi connectivity index (χ0v) is 10.7. The number of nitrogens with zero attached hydrogens (tertiary/aromatic N) is 1. The van der Waals surface area contributed by atoms with Crippen molar-refractivity contribution in [3.8, 4) is 11.5 Å². The number of hydrogen-bond donors (Lipinski definition) is 3. The van der Waals surface area contributed by atoms with Crippen LogP contribution in [0, 0.1) is 0 Å². The number of carbonyl (C=O) groups is 1. The third-order valence-corrected chi connectivity index (χ3v) is 2.72. The minimum Gasteiger partial charge on any atom is -0.463 e. The van der Waals surface area contributed by atoms with E-state index in [1.807, 2.05) is 6.92 Å². The molecule has 19 heavy (non-hydrogen) atoms. The van der Waals surface area contributed by atoms with Gasteiger partial charge < -0.3 is 14.8 Å². The maximum atomic E-state index is 11.8. The average molecular weight is 263 g/mol. The van der Waals surface area contributed by atoms with Crippen molar-refractivity contribution in [2.75, 3.05) is 6.54 Å². The fraction of sp³-hybridized carbons (Fsp3) is 0.385. The highest BCUT2D eigenvalue weighted by molar-refractivity contribution is 5.93. The minimum atomic E-state index is -0.516. The SMILES string of the molecule is CCCC(O)CNC(=O)c1cc(-c2ccco2)[nH]n1. The second-order valence-corrected chi connectivity index (χ2v) is 4.30. The van der Waals surface area contributed by atoms with Gasteiger partial charge in [-0.3, -0.25) is 9.89 Å². The van der Waals surface area contributed by atoms with E-state index in [1.54, 1.807) is 24.5 Å². The van der Waals surface area contributed by atoms with Crippen molar-refractivity contribution in [2.45, 2.75) is 25.9 Å². The molecule has 0 fully saturated rings. The summed E-state index contributed by atoms with van der Waals surface area (Å²) in [7, 11) is 0. The van der Waals surface area contributed by atoms with Gasteiger partial charge in [-0.2, -0.15) is 5.10 Å². The Labute approximate surface area is 110 Å². The Morgan fingerprint density at radius 2 is 2.47 bits per heavy atom. The predicted molar refractivity (Wildman–Crippen MR) is 69.5 cm³/mol. The first kappa shape index (κ1) is 13.4. The third-order valence-electron chi connectivity index (χ3n) is 2.72. The summed E-state index contributed by atoms with van der Waals surface area (Å²) in [6.07, 6.45) is 2.58. The first-order chi connectivity index (χ1) is 9.20. The summed E-state index contributed by atoms with van der Waals surface area (Å²) < 4.78 is 5.20. The van der Waals surface area contributed by atoms with Gasteiger partial charge in [-0.05, 0) is 18.6 Å². The molecule has 0 aromatic carbocycles. The molecule has 0 spiro atoms. The van der Waals surface area contributed by atoms with Crippen molar-refractivity contribution in [1.82, 2.24) is 15.5 Å². The number of nitrogens with one attached hydrogen (secondary N) is 2. The number of aliphatic hydroxyl groups is 1. The molecule has 0 radical (unpaired) electrons. The van der Waals surface area contributed by atoms with Gasteiger partial charge in [-0.1, -0.05) is 13.3 Å². The van der Waals surface area contributed by atoms with Crippen molar-refractivity contribution in [2.24, 2.45) is 0 Å². The zero-order valence-electron chi connectivity index (χ0n) is 10.7. The standard InChI is InChI=1S/C13H17N3O3/c1-2-4-9(17)8-14-13(18)11-7-10(15-16-11)12-5-3-6-19-12/h3,5-7,9,17H,2,4,8H2,1H3,(H,14,18)(H,15,16). The van der Waals surface area contributed by atoms with Gasteiger partial charge >= 0.3 is 0 Å². The fourth-order valence-corrected chi connectivity index (χ4v) is 1.73. The average Bonchev–Trinajstić information content (AvgIpc) is 3.06. The predicted octanol–water partition coefficient (Wildman–Crippen LogP) is 1.56. The summed E-state index contributed by atoms with van der Waals surface area (Å²) >= 11 is 0. The molecule has 1 atom stereocenters. The molecule has 1 amide bonds. The molecular weight excluding hydrogens is 246 g/mol. The normalized spacial score (nSPS) is 12.3. The van der Waals surface area contributed by atoms with Crippen LogP contribution in [0.2, 0.25) is 0 Å². The van der Waals surface area contributed by atoms with Gasteiger partial charge in [-0.15, -0.1) is 0 Å². The highest BCUT2D eigenvalue weighted by Gasteiger charge is 2.13. The van der Waals surface area contributed by atoms with Gasteiger partial charge in [0, 0.05) is 12.6 Å². The lowest BCUT2D eigenvalue weighted by atomic mass is 10.2. The van der Waals surface area contributed by atoms with Gasteiger partial charge in [-0.25, -0.2) is 0 Å². The molecule has 0 saturated heterocycles. The highest BCUT2D eigenvalue weighted by atomic mass is 16.3. The number of aromatic nitrogens is 2. The van der Waals surface area contributed by atoms with Crippen molar-refractivity contribution >= 4 is 5.91 Å². The molecule has 0 bridgehead atoms. The summed E-state index contributed by atoms with van der Waals surface area (Å²) in [5, 5.41) is 18.8. The molecule has 2 aromatic heterocycles. The minimum absolute atomic E-state index is 0.232. The van der Waals surface area contributed by atoms with E-state index in [4.69, 9.17) is 4.42 Å². The Kier molecular flexibility index (Phi) is 4.35. The van der Waals surface area contributed by atoms with Crippen LogP contribution in [0.4, 0.5) is 0 Å². The van der Waals surface area contributed by atoms with Gasteiger partial charge in [0.1, 0.15) is 5.69 Å². The van der Waals surface area contributed by atoms with E-state index >= 15 is 0 Å². The number of carbonyl (C=O) groups excluding carboxylic acids is 1. The molecule has 3 N–H and O–H groups in total. The van der Waals surface area contributed by atoms with Crippen molar-refractivity contribution in [3.05, 3.63) is 30.2 Å². The summed E-state index contributed by atoms with van der Waals surface area (Å²) in [5.74, 6) is 0.307. The van der Waals surface area contributed by atoms with Gasteiger partial charge in [0.2, 0.25) is 0 Å². The summed E-state index contributed by atoms with van der Waals surface area (Å²) in [6.45, 7) is 2.21. The van der Waals surface area contributed by atoms with Crippen LogP contribution in [-0.4, -0.2) is 33.9 Å². The van der Waals surface area contributed by atoms with Crippen LogP contribution in [0.1, 0.15) is 30.3 Å². The third kappa shape index (κ3) is 3.45. The molecule has 6 heteroatoms. The highest BCUT2D eigenvalue weighted by Crippen LogP contribution is 2.17. The lowest BCUT2D eigenvalue weighted by molar-refractivity contribution is 0.0905. The number of rotatable bonds is 6. The number of hydrogen-bond acceptors (Lipinski definition) is 4. The molecule has 1 unspecified atom stereocenters. The monoisotopic (exact) mass is 263 g/mol. The Bertz CT molecular complexity index is 519. The van der Waals surface area contributed by atoms with E-state index in [0.717, 1.165) is 6.42 Å². The van der Waals surface area contributed by atoms with Crippen LogP contribution in [0.25, 0.3) is 11.5 Å². The van der Waals surface area contributed by atoms with Gasteiger partial charge in [0.25, 0.3) is 5.91 Å². The molecule has 2 aromatic rings. The number of aromatic amines is 1. The molecule has 0 aliphatic carbocycles. The number of H-pyrrole nitrogens is 1. The van der Waals surface area contributed by atoms with E-state index in [-0.39, 0.29) is 18.1 Å². The second kappa shape index (κ2) is 6.19. The van der Waals surface area contributed by atoms with Crippen LogP contribution < -0.4 is 5.32 Å². The van der Waals surface area contributed by atoms with Crippen LogP contribution in [0.5, 0.6) is 0 Å². The zero-order chi connectivity index (χ0) is 13.7. The Morgan fingerprint density at radius 3 is 3.16 bits per heavy atom. The summed E-state index contributed by atoms with van der Waals surface area (Å²) in [6, 6.07) is 5.15. The van der Waals surface area contributed by atoms with Crippen LogP contribution >= 0.6 is 0 Å². The fourth-order valence-electron chi connectivity index (χ4n) is 1.73. The molecule has 6 nitrogen and oxygen atoms in total. The maximum Gasteiger partial charge on any atom is 0.271 e. The topological polar surface area (TPSA) is 91.1 Å². The Hall–Kier alpha value is -2.08.